The number of carbonyl (C=O) groups excluding carboxylic acids is 2. The number of amides is 2. The minimum atomic E-state index is -3.89. The van der Waals surface area contributed by atoms with E-state index in [9.17, 15) is 18.0 Å². The Hall–Kier alpha value is -2.71. The fourth-order valence-corrected chi connectivity index (χ4v) is 4.78. The number of likely N-dealkylation sites (N-methyl/N-ethyl adjacent to an activating group) is 3. The molecule has 0 spiro atoms. The van der Waals surface area contributed by atoms with Gasteiger partial charge in [-0.1, -0.05) is 30.3 Å². The third-order valence-corrected chi connectivity index (χ3v) is 7.40. The zero-order chi connectivity index (χ0) is 22.3. The van der Waals surface area contributed by atoms with E-state index in [2.05, 4.69) is 0 Å². The van der Waals surface area contributed by atoms with E-state index in [4.69, 9.17) is 0 Å². The van der Waals surface area contributed by atoms with Crippen LogP contribution in [-0.4, -0.2) is 57.1 Å². The SMILES string of the molecule is CN(Cc1ccccc1)C(=O)CN(C)S(=O)(=O)c1ccc2c(c1)C(C)(C)C(=O)N2C. The highest BCUT2D eigenvalue weighted by Gasteiger charge is 2.43. The third kappa shape index (κ3) is 3.85. The van der Waals surface area contributed by atoms with E-state index < -0.39 is 15.4 Å². The van der Waals surface area contributed by atoms with Crippen LogP contribution in [0.15, 0.2) is 53.4 Å². The molecule has 2 aromatic carbocycles. The number of hydrogen-bond donors (Lipinski definition) is 0. The number of rotatable bonds is 6. The molecule has 1 heterocycles. The summed E-state index contributed by atoms with van der Waals surface area (Å²) >= 11 is 0. The average Bonchev–Trinajstić information content (AvgIpc) is 2.88. The first-order valence-corrected chi connectivity index (χ1v) is 11.1. The van der Waals surface area contributed by atoms with Crippen molar-refractivity contribution in [2.45, 2.75) is 30.7 Å². The van der Waals surface area contributed by atoms with E-state index in [1.54, 1.807) is 40.1 Å². The van der Waals surface area contributed by atoms with Gasteiger partial charge in [0.05, 0.1) is 16.9 Å². The molecule has 0 radical (unpaired) electrons. The molecule has 0 unspecified atom stereocenters. The second-order valence-corrected chi connectivity index (χ2v) is 10.2. The predicted molar refractivity (Wildman–Crippen MR) is 116 cm³/mol. The Labute approximate surface area is 177 Å². The lowest BCUT2D eigenvalue weighted by Crippen LogP contribution is -2.39. The molecule has 160 valence electrons. The highest BCUT2D eigenvalue weighted by atomic mass is 32.2. The van der Waals surface area contributed by atoms with Gasteiger partial charge >= 0.3 is 0 Å². The van der Waals surface area contributed by atoms with Crippen molar-refractivity contribution < 1.29 is 18.0 Å². The van der Waals surface area contributed by atoms with Gasteiger partial charge in [-0.2, -0.15) is 4.31 Å². The standard InChI is InChI=1S/C22H27N3O4S/c1-22(2)18-13-17(11-12-19(18)25(5)21(22)27)30(28,29)24(4)15-20(26)23(3)14-16-9-7-6-8-10-16/h6-13H,14-15H2,1-5H3. The van der Waals surface area contributed by atoms with Crippen molar-refractivity contribution in [3.63, 3.8) is 0 Å². The Morgan fingerprint density at radius 1 is 1.07 bits per heavy atom. The molecule has 30 heavy (non-hydrogen) atoms. The van der Waals surface area contributed by atoms with E-state index in [0.717, 1.165) is 9.87 Å². The fourth-order valence-electron chi connectivity index (χ4n) is 3.63. The summed E-state index contributed by atoms with van der Waals surface area (Å²) < 4.78 is 27.2. The van der Waals surface area contributed by atoms with Crippen LogP contribution in [0.1, 0.15) is 25.0 Å². The Kier molecular flexibility index (Phi) is 5.75. The minimum absolute atomic E-state index is 0.0680. The molecule has 0 aromatic heterocycles. The van der Waals surface area contributed by atoms with Gasteiger partial charge in [0.25, 0.3) is 0 Å². The molecule has 7 nitrogen and oxygen atoms in total. The maximum absolute atomic E-state index is 13.1. The fraction of sp³-hybridized carbons (Fsp3) is 0.364. The predicted octanol–water partition coefficient (Wildman–Crippen LogP) is 2.22. The van der Waals surface area contributed by atoms with Gasteiger partial charge in [-0.15, -0.1) is 0 Å². The molecule has 0 saturated heterocycles. The van der Waals surface area contributed by atoms with Crippen LogP contribution in [0.3, 0.4) is 0 Å². The molecule has 2 amide bonds. The first-order valence-electron chi connectivity index (χ1n) is 9.63. The maximum Gasteiger partial charge on any atom is 0.243 e. The smallest absolute Gasteiger partial charge is 0.243 e. The van der Waals surface area contributed by atoms with Gasteiger partial charge in [0, 0.05) is 33.4 Å². The van der Waals surface area contributed by atoms with Crippen molar-refractivity contribution in [2.75, 3.05) is 32.6 Å². The number of benzene rings is 2. The lowest BCUT2D eigenvalue weighted by atomic mass is 9.86. The Morgan fingerprint density at radius 2 is 1.70 bits per heavy atom. The van der Waals surface area contributed by atoms with Gasteiger partial charge in [0.15, 0.2) is 0 Å². The van der Waals surface area contributed by atoms with Crippen molar-refractivity contribution in [1.29, 1.82) is 0 Å². The summed E-state index contributed by atoms with van der Waals surface area (Å²) in [6, 6.07) is 14.2. The number of sulfonamides is 1. The van der Waals surface area contributed by atoms with E-state index in [0.29, 0.717) is 17.8 Å². The molecule has 0 saturated carbocycles. The number of hydrogen-bond acceptors (Lipinski definition) is 4. The molecule has 0 aliphatic carbocycles. The monoisotopic (exact) mass is 429 g/mol. The average molecular weight is 430 g/mol. The molecule has 0 bridgehead atoms. The molecule has 8 heteroatoms. The molecule has 0 atom stereocenters. The van der Waals surface area contributed by atoms with Gasteiger partial charge in [0.1, 0.15) is 0 Å². The molecule has 0 fully saturated rings. The van der Waals surface area contributed by atoms with Gasteiger partial charge < -0.3 is 9.80 Å². The van der Waals surface area contributed by atoms with E-state index in [1.807, 2.05) is 30.3 Å². The Balaban J connectivity index is 1.78. The van der Waals surface area contributed by atoms with Crippen molar-refractivity contribution in [2.24, 2.45) is 0 Å². The molecule has 1 aliphatic rings. The minimum Gasteiger partial charge on any atom is -0.340 e. The van der Waals surface area contributed by atoms with Gasteiger partial charge in [-0.3, -0.25) is 9.59 Å². The quantitative estimate of drug-likeness (QED) is 0.705. The molecule has 2 aromatic rings. The summed E-state index contributed by atoms with van der Waals surface area (Å²) in [7, 11) is 0.823. The number of carbonyl (C=O) groups is 2. The first-order chi connectivity index (χ1) is 14.0. The number of anilines is 1. The third-order valence-electron chi connectivity index (χ3n) is 5.60. The normalized spacial score (nSPS) is 15.4. The summed E-state index contributed by atoms with van der Waals surface area (Å²) in [5.41, 5.74) is 1.52. The molecule has 3 rings (SSSR count). The highest BCUT2D eigenvalue weighted by molar-refractivity contribution is 7.89. The van der Waals surface area contributed by atoms with E-state index in [1.165, 1.54) is 22.9 Å². The summed E-state index contributed by atoms with van der Waals surface area (Å²) in [5.74, 6) is -0.389. The summed E-state index contributed by atoms with van der Waals surface area (Å²) in [4.78, 5) is 28.2. The summed E-state index contributed by atoms with van der Waals surface area (Å²) in [6.07, 6.45) is 0. The zero-order valence-electron chi connectivity index (χ0n) is 17.9. The summed E-state index contributed by atoms with van der Waals surface area (Å²) in [6.45, 7) is 3.68. The van der Waals surface area contributed by atoms with Gasteiger partial charge in [-0.25, -0.2) is 8.42 Å². The number of nitrogens with zero attached hydrogens (tertiary/aromatic N) is 3. The largest absolute Gasteiger partial charge is 0.340 e. The lowest BCUT2D eigenvalue weighted by molar-refractivity contribution is -0.130. The molecular formula is C22H27N3O4S. The van der Waals surface area contributed by atoms with Crippen LogP contribution in [0.5, 0.6) is 0 Å². The van der Waals surface area contributed by atoms with Crippen molar-refractivity contribution in [1.82, 2.24) is 9.21 Å². The topological polar surface area (TPSA) is 78.0 Å². The Morgan fingerprint density at radius 3 is 2.33 bits per heavy atom. The van der Waals surface area contributed by atoms with Crippen LogP contribution in [-0.2, 0) is 31.6 Å². The van der Waals surface area contributed by atoms with Crippen LogP contribution >= 0.6 is 0 Å². The van der Waals surface area contributed by atoms with Crippen molar-refractivity contribution >= 4 is 27.5 Å². The number of fused-ring (bicyclic) bond motifs is 1. The van der Waals surface area contributed by atoms with Crippen LogP contribution in [0.25, 0.3) is 0 Å². The zero-order valence-corrected chi connectivity index (χ0v) is 18.7. The molecule has 1 aliphatic heterocycles. The Bertz CT molecular complexity index is 1080. The van der Waals surface area contributed by atoms with Crippen molar-refractivity contribution in [3.05, 3.63) is 59.7 Å². The van der Waals surface area contributed by atoms with Crippen molar-refractivity contribution in [3.8, 4) is 0 Å². The van der Waals surface area contributed by atoms with Gasteiger partial charge in [0.2, 0.25) is 21.8 Å². The first kappa shape index (κ1) is 22.0. The molecule has 0 N–H and O–H groups in total. The van der Waals surface area contributed by atoms with Crippen LogP contribution in [0, 0.1) is 0 Å². The maximum atomic E-state index is 13.1. The second-order valence-electron chi connectivity index (χ2n) is 8.16. The van der Waals surface area contributed by atoms with E-state index >= 15 is 0 Å². The summed E-state index contributed by atoms with van der Waals surface area (Å²) in [5, 5.41) is 0. The van der Waals surface area contributed by atoms with Crippen LogP contribution in [0.2, 0.25) is 0 Å². The van der Waals surface area contributed by atoms with Crippen LogP contribution < -0.4 is 4.90 Å². The van der Waals surface area contributed by atoms with E-state index in [-0.39, 0.29) is 23.3 Å². The van der Waals surface area contributed by atoms with Gasteiger partial charge in [-0.05, 0) is 43.2 Å². The lowest BCUT2D eigenvalue weighted by Gasteiger charge is -2.22. The molecular weight excluding hydrogens is 402 g/mol. The van der Waals surface area contributed by atoms with Crippen LogP contribution in [0.4, 0.5) is 5.69 Å². The highest BCUT2D eigenvalue weighted by Crippen LogP contribution is 2.41. The second kappa shape index (κ2) is 7.85.